The van der Waals surface area contributed by atoms with Crippen LogP contribution in [0.25, 0.3) is 0 Å². The average molecular weight is 385 g/mol. The number of ether oxygens (including phenoxy) is 2. The summed E-state index contributed by atoms with van der Waals surface area (Å²) in [6.45, 7) is 1.91. The Morgan fingerprint density at radius 1 is 1.35 bits per heavy atom. The van der Waals surface area contributed by atoms with Gasteiger partial charge in [-0.25, -0.2) is 13.2 Å². The van der Waals surface area contributed by atoms with Crippen LogP contribution in [-0.4, -0.2) is 30.9 Å². The Labute approximate surface area is 145 Å². The lowest BCUT2D eigenvalue weighted by Crippen LogP contribution is -2.47. The highest BCUT2D eigenvalue weighted by atomic mass is 19.4. The summed E-state index contributed by atoms with van der Waals surface area (Å²) < 4.78 is 90.5. The van der Waals surface area contributed by atoms with Gasteiger partial charge in [-0.1, -0.05) is 13.0 Å². The van der Waals surface area contributed by atoms with Crippen molar-refractivity contribution in [3.63, 3.8) is 0 Å². The molecule has 0 spiro atoms. The molecule has 4 nitrogen and oxygen atoms in total. The van der Waals surface area contributed by atoms with Crippen molar-refractivity contribution in [3.8, 4) is 5.75 Å². The highest BCUT2D eigenvalue weighted by molar-refractivity contribution is 5.81. The van der Waals surface area contributed by atoms with Crippen LogP contribution in [0.5, 0.6) is 5.75 Å². The first-order chi connectivity index (χ1) is 11.9. The van der Waals surface area contributed by atoms with Gasteiger partial charge < -0.3 is 15.2 Å². The fourth-order valence-corrected chi connectivity index (χ4v) is 3.33. The molecule has 1 saturated heterocycles. The van der Waals surface area contributed by atoms with Gasteiger partial charge in [-0.2, -0.15) is 13.2 Å². The van der Waals surface area contributed by atoms with Crippen LogP contribution in [0.2, 0.25) is 0 Å². The van der Waals surface area contributed by atoms with Gasteiger partial charge in [-0.05, 0) is 13.0 Å². The minimum absolute atomic E-state index is 0.200. The first-order valence-corrected chi connectivity index (χ1v) is 7.55. The second-order valence-electron chi connectivity index (χ2n) is 6.24. The first-order valence-electron chi connectivity index (χ1n) is 7.55. The van der Waals surface area contributed by atoms with E-state index in [2.05, 4.69) is 0 Å². The van der Waals surface area contributed by atoms with Gasteiger partial charge in [-0.15, -0.1) is 0 Å². The Morgan fingerprint density at radius 3 is 2.35 bits per heavy atom. The summed E-state index contributed by atoms with van der Waals surface area (Å²) in [5, 5.41) is 0. The molecular weight excluding hydrogens is 368 g/mol. The van der Waals surface area contributed by atoms with Crippen molar-refractivity contribution in [2.24, 2.45) is 11.7 Å². The lowest BCUT2D eigenvalue weighted by molar-refractivity contribution is -0.272. The molecule has 0 aliphatic carbocycles. The molecular formula is C16H17F6NO3. The number of carbonyl (C=O) groups excluding carboxylic acids is 1. The zero-order valence-electron chi connectivity index (χ0n) is 14.0. The third kappa shape index (κ3) is 3.00. The SMILES string of the molecule is COc1c([C@H]2[C@H](C(N)=O)O[C@@](C)(C(F)(F)F)[C@H]2C)ccc(F)c1C(F)F. The fraction of sp³-hybridized carbons (Fsp3) is 0.562. The minimum Gasteiger partial charge on any atom is -0.496 e. The molecule has 0 bridgehead atoms. The van der Waals surface area contributed by atoms with Gasteiger partial charge in [0.05, 0.1) is 12.7 Å². The van der Waals surface area contributed by atoms with Gasteiger partial charge in [0.1, 0.15) is 17.7 Å². The average Bonchev–Trinajstić information content (AvgIpc) is 2.79. The van der Waals surface area contributed by atoms with E-state index in [-0.39, 0.29) is 5.56 Å². The Bertz CT molecular complexity index is 708. The standard InChI is InChI=1S/C16H17F6NO3/c1-6-9(12(14(23)24)26-15(6,2)16(20,21)22)7-4-5-8(17)10(13(18)19)11(7)25-3/h4-6,9,12-13H,1-3H3,(H2,23,24)/t6-,9-,12+,15+/m0/s1. The molecule has 0 radical (unpaired) electrons. The molecule has 1 aliphatic rings. The number of carbonyl (C=O) groups is 1. The van der Waals surface area contributed by atoms with Crippen molar-refractivity contribution >= 4 is 5.91 Å². The predicted octanol–water partition coefficient (Wildman–Crippen LogP) is 3.70. The van der Waals surface area contributed by atoms with Crippen molar-refractivity contribution in [1.82, 2.24) is 0 Å². The maximum absolute atomic E-state index is 13.8. The molecule has 1 heterocycles. The van der Waals surface area contributed by atoms with E-state index in [0.29, 0.717) is 6.07 Å². The number of hydrogen-bond acceptors (Lipinski definition) is 3. The summed E-state index contributed by atoms with van der Waals surface area (Å²) in [4.78, 5) is 11.7. The predicted molar refractivity (Wildman–Crippen MR) is 78.3 cm³/mol. The minimum atomic E-state index is -4.85. The van der Waals surface area contributed by atoms with Crippen molar-refractivity contribution in [1.29, 1.82) is 0 Å². The molecule has 1 aromatic rings. The van der Waals surface area contributed by atoms with E-state index in [4.69, 9.17) is 15.2 Å². The molecule has 1 aromatic carbocycles. The van der Waals surface area contributed by atoms with E-state index in [9.17, 15) is 31.1 Å². The van der Waals surface area contributed by atoms with E-state index in [0.717, 1.165) is 27.0 Å². The van der Waals surface area contributed by atoms with Crippen LogP contribution in [0, 0.1) is 11.7 Å². The number of rotatable bonds is 4. The summed E-state index contributed by atoms with van der Waals surface area (Å²) in [7, 11) is 0.979. The lowest BCUT2D eigenvalue weighted by Gasteiger charge is -2.32. The van der Waals surface area contributed by atoms with Crippen molar-refractivity contribution in [3.05, 3.63) is 29.1 Å². The summed E-state index contributed by atoms with van der Waals surface area (Å²) in [5.74, 6) is -5.84. The molecule has 2 N–H and O–H groups in total. The van der Waals surface area contributed by atoms with Gasteiger partial charge in [0.2, 0.25) is 5.91 Å². The Morgan fingerprint density at radius 2 is 1.92 bits per heavy atom. The summed E-state index contributed by atoms with van der Waals surface area (Å²) in [6, 6.07) is 1.69. The van der Waals surface area contributed by atoms with Crippen molar-refractivity contribution < 1.29 is 40.6 Å². The Balaban J connectivity index is 2.69. The van der Waals surface area contributed by atoms with Gasteiger partial charge >= 0.3 is 6.18 Å². The monoisotopic (exact) mass is 385 g/mol. The largest absolute Gasteiger partial charge is 0.496 e. The van der Waals surface area contributed by atoms with Crippen LogP contribution in [-0.2, 0) is 9.53 Å². The second-order valence-corrected chi connectivity index (χ2v) is 6.24. The maximum Gasteiger partial charge on any atom is 0.417 e. The first kappa shape index (κ1) is 20.3. The van der Waals surface area contributed by atoms with Gasteiger partial charge in [0.15, 0.2) is 5.60 Å². The third-order valence-electron chi connectivity index (χ3n) is 4.90. The molecule has 0 unspecified atom stereocenters. The van der Waals surface area contributed by atoms with E-state index >= 15 is 0 Å². The van der Waals surface area contributed by atoms with Crippen LogP contribution in [0.15, 0.2) is 12.1 Å². The van der Waals surface area contributed by atoms with Gasteiger partial charge in [0.25, 0.3) is 6.43 Å². The lowest BCUT2D eigenvalue weighted by atomic mass is 9.76. The molecule has 4 atom stereocenters. The quantitative estimate of drug-likeness (QED) is 0.804. The normalized spacial score (nSPS) is 29.2. The number of hydrogen-bond donors (Lipinski definition) is 1. The molecule has 1 amide bonds. The topological polar surface area (TPSA) is 61.5 Å². The number of nitrogens with two attached hydrogens (primary N) is 1. The maximum atomic E-state index is 13.8. The van der Waals surface area contributed by atoms with Crippen LogP contribution >= 0.6 is 0 Å². The number of primary amides is 1. The summed E-state index contributed by atoms with van der Waals surface area (Å²) in [5.41, 5.74) is 1.13. The molecule has 0 saturated carbocycles. The Kier molecular flexibility index (Phi) is 5.19. The van der Waals surface area contributed by atoms with Gasteiger partial charge in [0, 0.05) is 17.4 Å². The molecule has 1 aliphatic heterocycles. The highest BCUT2D eigenvalue weighted by Gasteiger charge is 2.65. The van der Waals surface area contributed by atoms with Crippen LogP contribution in [0.1, 0.15) is 37.3 Å². The van der Waals surface area contributed by atoms with Crippen LogP contribution in [0.3, 0.4) is 0 Å². The molecule has 10 heteroatoms. The number of amides is 1. The van der Waals surface area contributed by atoms with Gasteiger partial charge in [-0.3, -0.25) is 4.79 Å². The highest BCUT2D eigenvalue weighted by Crippen LogP contribution is 2.55. The van der Waals surface area contributed by atoms with E-state index in [1.54, 1.807) is 0 Å². The smallest absolute Gasteiger partial charge is 0.417 e. The number of methoxy groups -OCH3 is 1. The van der Waals surface area contributed by atoms with E-state index < -0.39 is 59.2 Å². The van der Waals surface area contributed by atoms with E-state index in [1.807, 2.05) is 0 Å². The zero-order valence-corrected chi connectivity index (χ0v) is 14.0. The third-order valence-corrected chi connectivity index (χ3v) is 4.90. The molecule has 146 valence electrons. The molecule has 1 fully saturated rings. The second kappa shape index (κ2) is 6.64. The Hall–Kier alpha value is -1.97. The molecule has 0 aromatic heterocycles. The number of halogens is 6. The van der Waals surface area contributed by atoms with E-state index in [1.165, 1.54) is 0 Å². The number of alkyl halides is 5. The molecule has 26 heavy (non-hydrogen) atoms. The van der Waals surface area contributed by atoms with Crippen molar-refractivity contribution in [2.45, 2.75) is 44.1 Å². The van der Waals surface area contributed by atoms with Crippen molar-refractivity contribution in [2.75, 3.05) is 7.11 Å². The van der Waals surface area contributed by atoms with Crippen LogP contribution < -0.4 is 10.5 Å². The summed E-state index contributed by atoms with van der Waals surface area (Å²) in [6.07, 6.45) is -9.88. The zero-order chi connectivity index (χ0) is 20.0. The number of benzene rings is 1. The fourth-order valence-electron chi connectivity index (χ4n) is 3.33. The molecule has 2 rings (SSSR count). The van der Waals surface area contributed by atoms with Crippen LogP contribution in [0.4, 0.5) is 26.3 Å². The summed E-state index contributed by atoms with van der Waals surface area (Å²) >= 11 is 0.